The second-order valence-electron chi connectivity index (χ2n) is 7.30. The second-order valence-corrected chi connectivity index (χ2v) is 8.18. The number of hydrogen-bond acceptors (Lipinski definition) is 3. The zero-order valence-electron chi connectivity index (χ0n) is 15.3. The number of halogens is 2. The Bertz CT molecular complexity index is 886. The van der Waals surface area contributed by atoms with Crippen LogP contribution in [-0.4, -0.2) is 29.0 Å². The van der Waals surface area contributed by atoms with E-state index in [1.807, 2.05) is 32.9 Å². The minimum atomic E-state index is -0.680. The molecule has 0 bridgehead atoms. The average Bonchev–Trinajstić information content (AvgIpc) is 3.05. The maximum atomic E-state index is 13.1. The van der Waals surface area contributed by atoms with Crippen LogP contribution in [-0.2, 0) is 6.42 Å². The molecular formula is C20H20Cl2N2O3. The number of carbonyl (C=O) groups excluding carboxylic acids is 2. The summed E-state index contributed by atoms with van der Waals surface area (Å²) in [5.74, 6) is -0.249. The molecule has 0 saturated carbocycles. The van der Waals surface area contributed by atoms with Crippen molar-refractivity contribution >= 4 is 35.0 Å². The molecule has 27 heavy (non-hydrogen) atoms. The number of nitrogens with one attached hydrogen (secondary N) is 1. The van der Waals surface area contributed by atoms with Gasteiger partial charge < -0.3 is 4.74 Å². The highest BCUT2D eigenvalue weighted by Crippen LogP contribution is 2.30. The number of ether oxygens (including phenoxy) is 1. The number of amides is 2. The van der Waals surface area contributed by atoms with Crippen LogP contribution in [0.15, 0.2) is 36.4 Å². The third-order valence-corrected chi connectivity index (χ3v) is 4.59. The quantitative estimate of drug-likeness (QED) is 0.746. The van der Waals surface area contributed by atoms with E-state index < -0.39 is 17.4 Å². The molecule has 2 aromatic rings. The lowest BCUT2D eigenvalue weighted by Crippen LogP contribution is -2.55. The van der Waals surface area contributed by atoms with Crippen molar-refractivity contribution in [3.63, 3.8) is 0 Å². The summed E-state index contributed by atoms with van der Waals surface area (Å²) in [4.78, 5) is 26.0. The fourth-order valence-corrected chi connectivity index (χ4v) is 3.41. The first kappa shape index (κ1) is 19.5. The van der Waals surface area contributed by atoms with Crippen LogP contribution < -0.4 is 10.2 Å². The smallest absolute Gasteiger partial charge is 0.273 e. The van der Waals surface area contributed by atoms with Crippen molar-refractivity contribution in [2.24, 2.45) is 0 Å². The SMILES string of the molecule is CC(C)(C)N(NC(=O)c1cccc2c1OCC2)C(=O)c1cc(Cl)cc(Cl)c1. The molecule has 1 heterocycles. The summed E-state index contributed by atoms with van der Waals surface area (Å²) in [5.41, 5.74) is 3.71. The van der Waals surface area contributed by atoms with E-state index in [0.717, 1.165) is 12.0 Å². The predicted octanol–water partition coefficient (Wildman–Crippen LogP) is 4.51. The van der Waals surface area contributed by atoms with E-state index >= 15 is 0 Å². The van der Waals surface area contributed by atoms with Crippen molar-refractivity contribution in [2.45, 2.75) is 32.7 Å². The maximum absolute atomic E-state index is 13.1. The van der Waals surface area contributed by atoms with E-state index in [1.165, 1.54) is 17.1 Å². The Morgan fingerprint density at radius 1 is 1.11 bits per heavy atom. The zero-order chi connectivity index (χ0) is 19.8. The molecule has 142 valence electrons. The Kier molecular flexibility index (Phi) is 5.36. The summed E-state index contributed by atoms with van der Waals surface area (Å²) in [6.45, 7) is 6.01. The first-order valence-corrected chi connectivity index (χ1v) is 9.29. The highest BCUT2D eigenvalue weighted by molar-refractivity contribution is 6.35. The molecule has 7 heteroatoms. The molecule has 1 N–H and O–H groups in total. The van der Waals surface area contributed by atoms with Crippen LogP contribution in [0.2, 0.25) is 10.0 Å². The number of hydrogen-bond donors (Lipinski definition) is 1. The molecule has 1 aliphatic heterocycles. The number of hydrazine groups is 1. The van der Waals surface area contributed by atoms with Gasteiger partial charge in [-0.05, 0) is 50.6 Å². The van der Waals surface area contributed by atoms with Gasteiger partial charge in [0.05, 0.1) is 17.7 Å². The van der Waals surface area contributed by atoms with E-state index in [9.17, 15) is 9.59 Å². The van der Waals surface area contributed by atoms with Gasteiger partial charge in [-0.15, -0.1) is 0 Å². The molecule has 1 aliphatic rings. The molecular weight excluding hydrogens is 387 g/mol. The van der Waals surface area contributed by atoms with E-state index in [2.05, 4.69) is 5.43 Å². The van der Waals surface area contributed by atoms with Crippen LogP contribution in [0.1, 0.15) is 47.1 Å². The van der Waals surface area contributed by atoms with Crippen molar-refractivity contribution in [3.05, 3.63) is 63.1 Å². The van der Waals surface area contributed by atoms with Gasteiger partial charge in [0, 0.05) is 22.0 Å². The predicted molar refractivity (Wildman–Crippen MR) is 105 cm³/mol. The topological polar surface area (TPSA) is 58.6 Å². The Labute approximate surface area is 168 Å². The van der Waals surface area contributed by atoms with E-state index in [4.69, 9.17) is 27.9 Å². The van der Waals surface area contributed by atoms with Crippen molar-refractivity contribution in [2.75, 3.05) is 6.61 Å². The minimum Gasteiger partial charge on any atom is -0.492 e. The Morgan fingerprint density at radius 3 is 2.41 bits per heavy atom. The Morgan fingerprint density at radius 2 is 1.78 bits per heavy atom. The van der Waals surface area contributed by atoms with Gasteiger partial charge in [0.15, 0.2) is 0 Å². The molecule has 2 amide bonds. The number of benzene rings is 2. The summed E-state index contributed by atoms with van der Waals surface area (Å²) in [5, 5.41) is 1.98. The number of rotatable bonds is 2. The first-order chi connectivity index (χ1) is 12.7. The summed E-state index contributed by atoms with van der Waals surface area (Å²) in [7, 11) is 0. The van der Waals surface area contributed by atoms with Gasteiger partial charge in [0.25, 0.3) is 11.8 Å². The van der Waals surface area contributed by atoms with Crippen LogP contribution in [0.3, 0.4) is 0 Å². The van der Waals surface area contributed by atoms with Crippen molar-refractivity contribution in [1.82, 2.24) is 10.4 Å². The molecule has 5 nitrogen and oxygen atoms in total. The van der Waals surface area contributed by atoms with Crippen LogP contribution in [0.4, 0.5) is 0 Å². The lowest BCUT2D eigenvalue weighted by Gasteiger charge is -2.35. The van der Waals surface area contributed by atoms with Crippen LogP contribution in [0.5, 0.6) is 5.75 Å². The second kappa shape index (κ2) is 7.41. The van der Waals surface area contributed by atoms with Gasteiger partial charge in [0.2, 0.25) is 0 Å². The summed E-state index contributed by atoms with van der Waals surface area (Å²) in [6.07, 6.45) is 0.763. The third kappa shape index (κ3) is 4.20. The summed E-state index contributed by atoms with van der Waals surface area (Å²) >= 11 is 12.0. The van der Waals surface area contributed by atoms with Crippen LogP contribution in [0, 0.1) is 0 Å². The molecule has 0 radical (unpaired) electrons. The number of carbonyl (C=O) groups is 2. The molecule has 0 aromatic heterocycles. The van der Waals surface area contributed by atoms with Gasteiger partial charge >= 0.3 is 0 Å². The van der Waals surface area contributed by atoms with E-state index in [-0.39, 0.29) is 5.56 Å². The Hall–Kier alpha value is -2.24. The highest BCUT2D eigenvalue weighted by Gasteiger charge is 2.31. The lowest BCUT2D eigenvalue weighted by molar-refractivity contribution is 0.0357. The van der Waals surface area contributed by atoms with E-state index in [0.29, 0.717) is 28.0 Å². The molecule has 2 aromatic carbocycles. The molecule has 0 unspecified atom stereocenters. The fourth-order valence-electron chi connectivity index (χ4n) is 2.89. The fraction of sp³-hybridized carbons (Fsp3) is 0.300. The number of nitrogens with zero attached hydrogens (tertiary/aromatic N) is 1. The van der Waals surface area contributed by atoms with Crippen LogP contribution >= 0.6 is 23.2 Å². The standard InChI is InChI=1S/C20H20Cl2N2O3/c1-20(2,3)24(19(26)13-9-14(21)11-15(22)10-13)23-18(25)16-6-4-5-12-7-8-27-17(12)16/h4-6,9-11H,7-8H2,1-3H3,(H,23,25). The highest BCUT2D eigenvalue weighted by atomic mass is 35.5. The molecule has 0 atom stereocenters. The normalized spacial score (nSPS) is 12.9. The zero-order valence-corrected chi connectivity index (χ0v) is 16.8. The summed E-state index contributed by atoms with van der Waals surface area (Å²) in [6, 6.07) is 10.0. The average molecular weight is 407 g/mol. The minimum absolute atomic E-state index is 0.289. The van der Waals surface area contributed by atoms with Gasteiger partial charge in [-0.25, -0.2) is 5.01 Å². The monoisotopic (exact) mass is 406 g/mol. The van der Waals surface area contributed by atoms with E-state index in [1.54, 1.807) is 12.1 Å². The van der Waals surface area contributed by atoms with Crippen molar-refractivity contribution in [3.8, 4) is 5.75 Å². The molecule has 0 aliphatic carbocycles. The van der Waals surface area contributed by atoms with Crippen LogP contribution in [0.25, 0.3) is 0 Å². The maximum Gasteiger partial charge on any atom is 0.273 e. The molecule has 3 rings (SSSR count). The number of fused-ring (bicyclic) bond motifs is 1. The molecule has 0 spiro atoms. The largest absolute Gasteiger partial charge is 0.492 e. The van der Waals surface area contributed by atoms with Gasteiger partial charge in [0.1, 0.15) is 5.75 Å². The van der Waals surface area contributed by atoms with Gasteiger partial charge in [-0.2, -0.15) is 0 Å². The molecule has 0 fully saturated rings. The first-order valence-electron chi connectivity index (χ1n) is 8.53. The van der Waals surface area contributed by atoms with Crippen molar-refractivity contribution in [1.29, 1.82) is 0 Å². The third-order valence-electron chi connectivity index (χ3n) is 4.16. The van der Waals surface area contributed by atoms with Gasteiger partial charge in [-0.1, -0.05) is 35.3 Å². The lowest BCUT2D eigenvalue weighted by atomic mass is 10.1. The summed E-state index contributed by atoms with van der Waals surface area (Å²) < 4.78 is 5.60. The number of para-hydroxylation sites is 1. The van der Waals surface area contributed by atoms with Crippen molar-refractivity contribution < 1.29 is 14.3 Å². The molecule has 0 saturated heterocycles. The Balaban J connectivity index is 1.91. The van der Waals surface area contributed by atoms with Gasteiger partial charge in [-0.3, -0.25) is 15.0 Å².